The van der Waals surface area contributed by atoms with E-state index in [-0.39, 0.29) is 18.9 Å². The highest BCUT2D eigenvalue weighted by atomic mass is 16.4. The Morgan fingerprint density at radius 1 is 1.30 bits per heavy atom. The lowest BCUT2D eigenvalue weighted by Crippen LogP contribution is -2.40. The Kier molecular flexibility index (Phi) is 5.31. The first kappa shape index (κ1) is 15.7. The number of hydrogen-bond acceptors (Lipinski definition) is 4. The maximum Gasteiger partial charge on any atom is 0.321 e. The van der Waals surface area contributed by atoms with Crippen molar-refractivity contribution in [1.29, 1.82) is 0 Å². The molecule has 0 radical (unpaired) electrons. The summed E-state index contributed by atoms with van der Waals surface area (Å²) in [5.41, 5.74) is 0.829. The fourth-order valence-electron chi connectivity index (χ4n) is 1.80. The van der Waals surface area contributed by atoms with E-state index in [0.717, 1.165) is 11.3 Å². The van der Waals surface area contributed by atoms with Crippen LogP contribution >= 0.6 is 0 Å². The summed E-state index contributed by atoms with van der Waals surface area (Å²) in [7, 11) is 0. The number of aliphatic carboxylic acids is 1. The second-order valence-electron chi connectivity index (χ2n) is 4.51. The van der Waals surface area contributed by atoms with Gasteiger partial charge in [0.2, 0.25) is 5.91 Å². The van der Waals surface area contributed by atoms with Gasteiger partial charge >= 0.3 is 12.0 Å². The van der Waals surface area contributed by atoms with E-state index in [1.165, 1.54) is 0 Å². The molecule has 1 atom stereocenters. The van der Waals surface area contributed by atoms with Crippen molar-refractivity contribution in [3.05, 3.63) is 23.2 Å². The maximum absolute atomic E-state index is 11.6. The Labute approximate surface area is 116 Å². The summed E-state index contributed by atoms with van der Waals surface area (Å²) in [6.07, 6.45) is -0.546. The standard InChI is InChI=1S/C13H18N2O5/c1-7-6-10(9(3)20-7)8(2)14-13(19)15-11(16)4-5-12(17)18/h6,8H,4-5H2,1-3H3,(H,17,18)(H2,14,15,16,19). The third-order valence-electron chi connectivity index (χ3n) is 2.71. The Bertz CT molecular complexity index is 521. The van der Waals surface area contributed by atoms with Crippen molar-refractivity contribution >= 4 is 17.9 Å². The van der Waals surface area contributed by atoms with Crippen LogP contribution in [0, 0.1) is 13.8 Å². The summed E-state index contributed by atoms with van der Waals surface area (Å²) in [6.45, 7) is 5.35. The lowest BCUT2D eigenvalue weighted by Gasteiger charge is -2.13. The molecule has 0 saturated carbocycles. The van der Waals surface area contributed by atoms with Gasteiger partial charge in [0.15, 0.2) is 0 Å². The quantitative estimate of drug-likeness (QED) is 0.760. The molecule has 0 fully saturated rings. The number of nitrogens with one attached hydrogen (secondary N) is 2. The average molecular weight is 282 g/mol. The Hall–Kier alpha value is -2.31. The van der Waals surface area contributed by atoms with Crippen molar-refractivity contribution in [2.75, 3.05) is 0 Å². The number of hydrogen-bond donors (Lipinski definition) is 3. The number of furan rings is 1. The zero-order valence-corrected chi connectivity index (χ0v) is 11.6. The van der Waals surface area contributed by atoms with E-state index in [4.69, 9.17) is 9.52 Å². The molecule has 3 N–H and O–H groups in total. The van der Waals surface area contributed by atoms with Crippen molar-refractivity contribution in [3.63, 3.8) is 0 Å². The van der Waals surface area contributed by atoms with Gasteiger partial charge in [0.05, 0.1) is 12.5 Å². The lowest BCUT2D eigenvalue weighted by atomic mass is 10.1. The minimum absolute atomic E-state index is 0.235. The number of carboxylic acids is 1. The van der Waals surface area contributed by atoms with Crippen molar-refractivity contribution in [2.24, 2.45) is 0 Å². The first-order chi connectivity index (χ1) is 9.29. The molecule has 1 rings (SSSR count). The largest absolute Gasteiger partial charge is 0.481 e. The predicted octanol–water partition coefficient (Wildman–Crippen LogP) is 1.65. The van der Waals surface area contributed by atoms with Crippen LogP contribution in [-0.2, 0) is 9.59 Å². The predicted molar refractivity (Wildman–Crippen MR) is 70.1 cm³/mol. The van der Waals surface area contributed by atoms with Crippen LogP contribution in [0.2, 0.25) is 0 Å². The molecule has 0 aromatic carbocycles. The molecule has 110 valence electrons. The van der Waals surface area contributed by atoms with Gasteiger partial charge < -0.3 is 14.8 Å². The maximum atomic E-state index is 11.6. The van der Waals surface area contributed by atoms with Gasteiger partial charge in [0, 0.05) is 12.0 Å². The van der Waals surface area contributed by atoms with Crippen molar-refractivity contribution < 1.29 is 23.9 Å². The van der Waals surface area contributed by atoms with E-state index in [0.29, 0.717) is 5.76 Å². The van der Waals surface area contributed by atoms with Crippen LogP contribution in [0.1, 0.15) is 42.9 Å². The molecular formula is C13H18N2O5. The Morgan fingerprint density at radius 2 is 1.95 bits per heavy atom. The van der Waals surface area contributed by atoms with E-state index in [1.54, 1.807) is 20.8 Å². The fraction of sp³-hybridized carbons (Fsp3) is 0.462. The van der Waals surface area contributed by atoms with Gasteiger partial charge in [-0.05, 0) is 26.8 Å². The number of aryl methyl sites for hydroxylation is 2. The monoisotopic (exact) mass is 282 g/mol. The first-order valence-electron chi connectivity index (χ1n) is 6.18. The van der Waals surface area contributed by atoms with Crippen molar-refractivity contribution in [3.8, 4) is 0 Å². The molecule has 0 aliphatic carbocycles. The van der Waals surface area contributed by atoms with Gasteiger partial charge in [-0.25, -0.2) is 4.79 Å². The fourth-order valence-corrected chi connectivity index (χ4v) is 1.80. The molecule has 1 aromatic heterocycles. The summed E-state index contributed by atoms with van der Waals surface area (Å²) in [4.78, 5) is 33.2. The molecule has 0 saturated heterocycles. The smallest absolute Gasteiger partial charge is 0.321 e. The molecule has 1 unspecified atom stereocenters. The summed E-state index contributed by atoms with van der Waals surface area (Å²) in [5, 5.41) is 13.1. The van der Waals surface area contributed by atoms with Gasteiger partial charge in [-0.1, -0.05) is 0 Å². The second-order valence-corrected chi connectivity index (χ2v) is 4.51. The van der Waals surface area contributed by atoms with Crippen LogP contribution in [0.4, 0.5) is 4.79 Å². The molecule has 0 aliphatic rings. The lowest BCUT2D eigenvalue weighted by molar-refractivity contribution is -0.138. The Morgan fingerprint density at radius 3 is 2.45 bits per heavy atom. The molecule has 7 nitrogen and oxygen atoms in total. The number of carbonyl (C=O) groups is 3. The first-order valence-corrected chi connectivity index (χ1v) is 6.18. The number of rotatable bonds is 5. The van der Waals surface area contributed by atoms with Crippen LogP contribution in [-0.4, -0.2) is 23.0 Å². The summed E-state index contributed by atoms with van der Waals surface area (Å²) < 4.78 is 5.36. The van der Waals surface area contributed by atoms with Crippen LogP contribution in [0.15, 0.2) is 10.5 Å². The third kappa shape index (κ3) is 4.75. The Balaban J connectivity index is 2.48. The van der Waals surface area contributed by atoms with Gasteiger partial charge in [0.1, 0.15) is 11.5 Å². The van der Waals surface area contributed by atoms with Gasteiger partial charge in [-0.2, -0.15) is 0 Å². The highest BCUT2D eigenvalue weighted by Gasteiger charge is 2.16. The molecule has 20 heavy (non-hydrogen) atoms. The van der Waals surface area contributed by atoms with E-state index >= 15 is 0 Å². The summed E-state index contributed by atoms with van der Waals surface area (Å²) in [6, 6.07) is 0.831. The zero-order chi connectivity index (χ0) is 15.3. The van der Waals surface area contributed by atoms with Crippen LogP contribution in [0.3, 0.4) is 0 Å². The van der Waals surface area contributed by atoms with Crippen LogP contribution in [0.25, 0.3) is 0 Å². The van der Waals surface area contributed by atoms with Crippen LogP contribution in [0.5, 0.6) is 0 Å². The molecule has 1 heterocycles. The molecule has 0 spiro atoms. The van der Waals surface area contributed by atoms with E-state index in [9.17, 15) is 14.4 Å². The van der Waals surface area contributed by atoms with Crippen molar-refractivity contribution in [1.82, 2.24) is 10.6 Å². The number of carboxylic acid groups (broad SMARTS) is 1. The molecule has 0 bridgehead atoms. The van der Waals surface area contributed by atoms with Crippen molar-refractivity contribution in [2.45, 2.75) is 39.7 Å². The van der Waals surface area contributed by atoms with Gasteiger partial charge in [0.25, 0.3) is 0 Å². The molecular weight excluding hydrogens is 264 g/mol. The normalized spacial score (nSPS) is 11.8. The molecule has 3 amide bonds. The molecule has 7 heteroatoms. The zero-order valence-electron chi connectivity index (χ0n) is 11.6. The van der Waals surface area contributed by atoms with Crippen LogP contribution < -0.4 is 10.6 Å². The number of urea groups is 1. The number of imide groups is 1. The number of carbonyl (C=O) groups excluding carboxylic acids is 2. The molecule has 0 aliphatic heterocycles. The summed E-state index contributed by atoms with van der Waals surface area (Å²) in [5.74, 6) is -0.271. The van der Waals surface area contributed by atoms with E-state index < -0.39 is 17.9 Å². The highest BCUT2D eigenvalue weighted by Crippen LogP contribution is 2.20. The topological polar surface area (TPSA) is 109 Å². The van der Waals surface area contributed by atoms with E-state index in [2.05, 4.69) is 10.6 Å². The average Bonchev–Trinajstić information content (AvgIpc) is 2.65. The second kappa shape index (κ2) is 6.74. The SMILES string of the molecule is Cc1cc(C(C)NC(=O)NC(=O)CCC(=O)O)c(C)o1. The minimum Gasteiger partial charge on any atom is -0.481 e. The number of amides is 3. The summed E-state index contributed by atoms with van der Waals surface area (Å²) >= 11 is 0. The highest BCUT2D eigenvalue weighted by molar-refractivity contribution is 5.95. The van der Waals surface area contributed by atoms with Gasteiger partial charge in [-0.3, -0.25) is 14.9 Å². The third-order valence-corrected chi connectivity index (χ3v) is 2.71. The van der Waals surface area contributed by atoms with E-state index in [1.807, 2.05) is 6.07 Å². The molecule has 1 aromatic rings. The van der Waals surface area contributed by atoms with Gasteiger partial charge in [-0.15, -0.1) is 0 Å². The minimum atomic E-state index is -1.08.